The Morgan fingerprint density at radius 2 is 2.44 bits per heavy atom. The van der Waals surface area contributed by atoms with E-state index in [1.54, 1.807) is 12.1 Å². The first-order valence-corrected chi connectivity index (χ1v) is 6.28. The monoisotopic (exact) mass is 249 g/mol. The van der Waals surface area contributed by atoms with Gasteiger partial charge in [-0.15, -0.1) is 0 Å². The highest BCUT2D eigenvalue weighted by Crippen LogP contribution is 2.17. The zero-order valence-electron chi connectivity index (χ0n) is 10.6. The summed E-state index contributed by atoms with van der Waals surface area (Å²) in [5.74, 6) is 0.514. The number of ether oxygens (including phenoxy) is 1. The smallest absolute Gasteiger partial charge is 0.254 e. The maximum absolute atomic E-state index is 11.2. The lowest BCUT2D eigenvalue weighted by Crippen LogP contribution is -2.16. The van der Waals surface area contributed by atoms with Crippen LogP contribution < -0.4 is 15.8 Å². The Morgan fingerprint density at radius 3 is 3.11 bits per heavy atom. The first kappa shape index (κ1) is 12.8. The van der Waals surface area contributed by atoms with Crippen molar-refractivity contribution in [2.45, 2.75) is 19.8 Å². The van der Waals surface area contributed by atoms with Crippen LogP contribution >= 0.6 is 0 Å². The number of carbonyl (C=O) groups is 1. The molecule has 1 saturated heterocycles. The standard InChI is InChI=1S/C13H19N3O2/c1-9-2-3-11(12(14)17)13(16-9)18-7-5-10-4-6-15-8-10/h2-3,10,15H,4-8H2,1H3,(H2,14,17). The van der Waals surface area contributed by atoms with Crippen molar-refractivity contribution in [3.05, 3.63) is 23.4 Å². The second-order valence-electron chi connectivity index (χ2n) is 4.67. The van der Waals surface area contributed by atoms with E-state index in [-0.39, 0.29) is 0 Å². The predicted octanol–water partition coefficient (Wildman–Crippen LogP) is 0.867. The van der Waals surface area contributed by atoms with Gasteiger partial charge < -0.3 is 15.8 Å². The number of hydrogen-bond acceptors (Lipinski definition) is 4. The van der Waals surface area contributed by atoms with E-state index in [9.17, 15) is 4.79 Å². The molecule has 1 unspecified atom stereocenters. The number of aryl methyl sites for hydroxylation is 1. The number of carbonyl (C=O) groups excluding carboxylic acids is 1. The third kappa shape index (κ3) is 3.20. The van der Waals surface area contributed by atoms with Gasteiger partial charge in [-0.1, -0.05) is 0 Å². The summed E-state index contributed by atoms with van der Waals surface area (Å²) in [7, 11) is 0. The van der Waals surface area contributed by atoms with Crippen molar-refractivity contribution in [3.63, 3.8) is 0 Å². The summed E-state index contributed by atoms with van der Waals surface area (Å²) < 4.78 is 5.60. The van der Waals surface area contributed by atoms with Gasteiger partial charge in [-0.25, -0.2) is 4.98 Å². The van der Waals surface area contributed by atoms with Crippen LogP contribution in [0.1, 0.15) is 28.9 Å². The van der Waals surface area contributed by atoms with Gasteiger partial charge >= 0.3 is 0 Å². The molecule has 0 aromatic carbocycles. The Hall–Kier alpha value is -1.62. The molecule has 5 heteroatoms. The molecule has 0 saturated carbocycles. The lowest BCUT2D eigenvalue weighted by atomic mass is 10.1. The first-order chi connectivity index (χ1) is 8.66. The van der Waals surface area contributed by atoms with Gasteiger partial charge in [0, 0.05) is 5.69 Å². The Balaban J connectivity index is 1.94. The van der Waals surface area contributed by atoms with Gasteiger partial charge in [-0.2, -0.15) is 0 Å². The van der Waals surface area contributed by atoms with Crippen molar-refractivity contribution < 1.29 is 9.53 Å². The van der Waals surface area contributed by atoms with E-state index < -0.39 is 5.91 Å². The van der Waals surface area contributed by atoms with Crippen LogP contribution in [0.3, 0.4) is 0 Å². The Bertz CT molecular complexity index is 428. The Labute approximate surface area is 107 Å². The highest BCUT2D eigenvalue weighted by atomic mass is 16.5. The number of amides is 1. The second-order valence-corrected chi connectivity index (χ2v) is 4.67. The average Bonchev–Trinajstić information content (AvgIpc) is 2.82. The molecule has 1 aliphatic rings. The summed E-state index contributed by atoms with van der Waals surface area (Å²) in [5, 5.41) is 3.31. The number of nitrogens with one attached hydrogen (secondary N) is 1. The zero-order chi connectivity index (χ0) is 13.0. The maximum atomic E-state index is 11.2. The molecule has 18 heavy (non-hydrogen) atoms. The number of rotatable bonds is 5. The largest absolute Gasteiger partial charge is 0.477 e. The van der Waals surface area contributed by atoms with Crippen molar-refractivity contribution in [1.82, 2.24) is 10.3 Å². The third-order valence-electron chi connectivity index (χ3n) is 3.19. The van der Waals surface area contributed by atoms with Crippen LogP contribution in [0.5, 0.6) is 5.88 Å². The molecule has 5 nitrogen and oxygen atoms in total. The molecule has 1 atom stereocenters. The zero-order valence-corrected chi connectivity index (χ0v) is 10.6. The Kier molecular flexibility index (Phi) is 4.15. The topological polar surface area (TPSA) is 77.2 Å². The van der Waals surface area contributed by atoms with Crippen molar-refractivity contribution in [1.29, 1.82) is 0 Å². The van der Waals surface area contributed by atoms with Gasteiger partial charge in [0.1, 0.15) is 5.56 Å². The van der Waals surface area contributed by atoms with E-state index >= 15 is 0 Å². The van der Waals surface area contributed by atoms with E-state index in [4.69, 9.17) is 10.5 Å². The lowest BCUT2D eigenvalue weighted by Gasteiger charge is -2.11. The summed E-state index contributed by atoms with van der Waals surface area (Å²) in [5.41, 5.74) is 6.46. The number of nitrogens with two attached hydrogens (primary N) is 1. The normalized spacial score (nSPS) is 18.8. The number of aromatic nitrogens is 1. The third-order valence-corrected chi connectivity index (χ3v) is 3.19. The molecule has 2 rings (SSSR count). The van der Waals surface area contributed by atoms with E-state index in [0.717, 1.165) is 25.2 Å². The molecule has 0 spiro atoms. The van der Waals surface area contributed by atoms with E-state index in [1.165, 1.54) is 6.42 Å². The van der Waals surface area contributed by atoms with Crippen molar-refractivity contribution in [2.75, 3.05) is 19.7 Å². The second kappa shape index (κ2) is 5.82. The first-order valence-electron chi connectivity index (χ1n) is 6.28. The average molecular weight is 249 g/mol. The van der Waals surface area contributed by atoms with Crippen LogP contribution in [0.15, 0.2) is 12.1 Å². The molecule has 1 aromatic heterocycles. The molecule has 1 aromatic rings. The van der Waals surface area contributed by atoms with Gasteiger partial charge in [0.15, 0.2) is 0 Å². The SMILES string of the molecule is Cc1ccc(C(N)=O)c(OCCC2CCNC2)n1. The highest BCUT2D eigenvalue weighted by molar-refractivity contribution is 5.95. The minimum atomic E-state index is -0.500. The van der Waals surface area contributed by atoms with Crippen LogP contribution in [-0.4, -0.2) is 30.6 Å². The molecular weight excluding hydrogens is 230 g/mol. The van der Waals surface area contributed by atoms with Crippen LogP contribution in [0, 0.1) is 12.8 Å². The van der Waals surface area contributed by atoms with Crippen LogP contribution in [-0.2, 0) is 0 Å². The summed E-state index contributed by atoms with van der Waals surface area (Å²) in [6.07, 6.45) is 2.16. The fourth-order valence-corrected chi connectivity index (χ4v) is 2.11. The molecule has 98 valence electrons. The lowest BCUT2D eigenvalue weighted by molar-refractivity contribution is 0.0995. The molecule has 1 aliphatic heterocycles. The van der Waals surface area contributed by atoms with Crippen molar-refractivity contribution >= 4 is 5.91 Å². The summed E-state index contributed by atoms with van der Waals surface area (Å²) >= 11 is 0. The van der Waals surface area contributed by atoms with Crippen LogP contribution in [0.4, 0.5) is 0 Å². The molecule has 0 radical (unpaired) electrons. The number of nitrogens with zero attached hydrogens (tertiary/aromatic N) is 1. The molecule has 0 aliphatic carbocycles. The Morgan fingerprint density at radius 1 is 1.61 bits per heavy atom. The van der Waals surface area contributed by atoms with E-state index in [1.807, 2.05) is 6.92 Å². The molecular formula is C13H19N3O2. The van der Waals surface area contributed by atoms with Crippen LogP contribution in [0.2, 0.25) is 0 Å². The number of primary amides is 1. The summed E-state index contributed by atoms with van der Waals surface area (Å²) in [6, 6.07) is 3.42. The van der Waals surface area contributed by atoms with Gasteiger partial charge in [0.25, 0.3) is 5.91 Å². The van der Waals surface area contributed by atoms with Gasteiger partial charge in [-0.3, -0.25) is 4.79 Å². The fourth-order valence-electron chi connectivity index (χ4n) is 2.11. The minimum Gasteiger partial charge on any atom is -0.477 e. The molecule has 1 fully saturated rings. The molecule has 0 bridgehead atoms. The molecule has 1 amide bonds. The minimum absolute atomic E-state index is 0.352. The van der Waals surface area contributed by atoms with Crippen molar-refractivity contribution in [3.8, 4) is 5.88 Å². The summed E-state index contributed by atoms with van der Waals surface area (Å²) in [4.78, 5) is 15.5. The highest BCUT2D eigenvalue weighted by Gasteiger charge is 2.16. The van der Waals surface area contributed by atoms with Crippen LogP contribution in [0.25, 0.3) is 0 Å². The summed E-state index contributed by atoms with van der Waals surface area (Å²) in [6.45, 7) is 4.56. The number of pyridine rings is 1. The fraction of sp³-hybridized carbons (Fsp3) is 0.538. The van der Waals surface area contributed by atoms with Crippen molar-refractivity contribution in [2.24, 2.45) is 11.7 Å². The van der Waals surface area contributed by atoms with Gasteiger partial charge in [0.05, 0.1) is 6.61 Å². The molecule has 2 heterocycles. The maximum Gasteiger partial charge on any atom is 0.254 e. The van der Waals surface area contributed by atoms with E-state index in [0.29, 0.717) is 24.0 Å². The van der Waals surface area contributed by atoms with Gasteiger partial charge in [-0.05, 0) is 50.9 Å². The van der Waals surface area contributed by atoms with E-state index in [2.05, 4.69) is 10.3 Å². The number of hydrogen-bond donors (Lipinski definition) is 2. The predicted molar refractivity (Wildman–Crippen MR) is 68.6 cm³/mol. The van der Waals surface area contributed by atoms with Gasteiger partial charge in [0.2, 0.25) is 5.88 Å². The molecule has 3 N–H and O–H groups in total. The quantitative estimate of drug-likeness (QED) is 0.811.